The molecule has 3 rings (SSSR count). The van der Waals surface area contributed by atoms with E-state index in [4.69, 9.17) is 11.6 Å². The van der Waals surface area contributed by atoms with Crippen LogP contribution >= 0.6 is 23.4 Å². The molecule has 0 atom stereocenters. The van der Waals surface area contributed by atoms with Crippen molar-refractivity contribution in [2.75, 3.05) is 11.1 Å². The highest BCUT2D eigenvalue weighted by atomic mass is 35.5. The standard InChI is InChI=1S/C15H12ClN3OS/c16-11-4-3-5-12(8-11)18-14(20)10-21-15-17-9-13-6-1-2-7-19(13)15/h1-9H,10H2,(H,18,20). The van der Waals surface area contributed by atoms with Crippen molar-refractivity contribution in [3.8, 4) is 0 Å². The average Bonchev–Trinajstić information content (AvgIpc) is 2.88. The number of nitrogens with zero attached hydrogens (tertiary/aromatic N) is 2. The van der Waals surface area contributed by atoms with Gasteiger partial charge in [-0.15, -0.1) is 0 Å². The van der Waals surface area contributed by atoms with Crippen molar-refractivity contribution >= 4 is 40.5 Å². The molecule has 0 unspecified atom stereocenters. The number of imidazole rings is 1. The van der Waals surface area contributed by atoms with E-state index >= 15 is 0 Å². The fourth-order valence-electron chi connectivity index (χ4n) is 1.92. The first-order valence-electron chi connectivity index (χ1n) is 6.33. The Morgan fingerprint density at radius 3 is 3.05 bits per heavy atom. The first kappa shape index (κ1) is 14.0. The molecule has 21 heavy (non-hydrogen) atoms. The Morgan fingerprint density at radius 1 is 1.29 bits per heavy atom. The van der Waals surface area contributed by atoms with E-state index in [1.54, 1.807) is 30.5 Å². The highest BCUT2D eigenvalue weighted by Gasteiger charge is 2.08. The lowest BCUT2D eigenvalue weighted by molar-refractivity contribution is -0.113. The van der Waals surface area contributed by atoms with Gasteiger partial charge >= 0.3 is 0 Å². The number of benzene rings is 1. The van der Waals surface area contributed by atoms with E-state index in [0.717, 1.165) is 10.7 Å². The van der Waals surface area contributed by atoms with Crippen LogP contribution in [0.5, 0.6) is 0 Å². The van der Waals surface area contributed by atoms with Crippen LogP contribution in [0.1, 0.15) is 0 Å². The predicted molar refractivity (Wildman–Crippen MR) is 86.0 cm³/mol. The fourth-order valence-corrected chi connectivity index (χ4v) is 2.87. The molecule has 106 valence electrons. The van der Waals surface area contributed by atoms with Crippen molar-refractivity contribution < 1.29 is 4.79 Å². The molecule has 0 aliphatic carbocycles. The summed E-state index contributed by atoms with van der Waals surface area (Å²) in [4.78, 5) is 16.3. The van der Waals surface area contributed by atoms with Gasteiger partial charge in [-0.2, -0.15) is 0 Å². The predicted octanol–water partition coefficient (Wildman–Crippen LogP) is 3.72. The minimum Gasteiger partial charge on any atom is -0.325 e. The van der Waals surface area contributed by atoms with Crippen molar-refractivity contribution in [2.24, 2.45) is 0 Å². The number of pyridine rings is 1. The van der Waals surface area contributed by atoms with Crippen LogP contribution in [-0.4, -0.2) is 21.0 Å². The number of halogens is 1. The molecule has 0 spiro atoms. The maximum Gasteiger partial charge on any atom is 0.234 e. The van der Waals surface area contributed by atoms with Gasteiger partial charge in [0.2, 0.25) is 5.91 Å². The normalized spacial score (nSPS) is 10.7. The zero-order valence-electron chi connectivity index (χ0n) is 11.0. The van der Waals surface area contributed by atoms with Gasteiger partial charge in [-0.05, 0) is 30.3 Å². The van der Waals surface area contributed by atoms with Crippen molar-refractivity contribution in [2.45, 2.75) is 5.16 Å². The van der Waals surface area contributed by atoms with E-state index < -0.39 is 0 Å². The number of hydrogen-bond acceptors (Lipinski definition) is 3. The van der Waals surface area contributed by atoms with E-state index in [1.165, 1.54) is 11.8 Å². The molecule has 2 aromatic heterocycles. The van der Waals surface area contributed by atoms with Gasteiger partial charge in [-0.1, -0.05) is 35.5 Å². The molecule has 0 bridgehead atoms. The summed E-state index contributed by atoms with van der Waals surface area (Å²) in [6.45, 7) is 0. The van der Waals surface area contributed by atoms with E-state index in [0.29, 0.717) is 16.5 Å². The first-order chi connectivity index (χ1) is 10.2. The number of carbonyl (C=O) groups is 1. The Kier molecular flexibility index (Phi) is 4.13. The molecule has 1 aromatic carbocycles. The van der Waals surface area contributed by atoms with Gasteiger partial charge in [0, 0.05) is 16.9 Å². The average molecular weight is 318 g/mol. The minimum atomic E-state index is -0.0880. The van der Waals surface area contributed by atoms with Gasteiger partial charge in [0.15, 0.2) is 5.16 Å². The van der Waals surface area contributed by atoms with Gasteiger partial charge in [-0.3, -0.25) is 9.20 Å². The van der Waals surface area contributed by atoms with Crippen molar-refractivity contribution in [3.05, 3.63) is 59.9 Å². The summed E-state index contributed by atoms with van der Waals surface area (Å²) in [6.07, 6.45) is 3.72. The lowest BCUT2D eigenvalue weighted by Gasteiger charge is -2.05. The zero-order chi connectivity index (χ0) is 14.7. The molecule has 1 N–H and O–H groups in total. The summed E-state index contributed by atoms with van der Waals surface area (Å²) in [5.74, 6) is 0.204. The summed E-state index contributed by atoms with van der Waals surface area (Å²) in [6, 6.07) is 13.0. The maximum absolute atomic E-state index is 11.9. The number of rotatable bonds is 4. The van der Waals surface area contributed by atoms with Gasteiger partial charge in [-0.25, -0.2) is 4.98 Å². The second-order valence-electron chi connectivity index (χ2n) is 4.38. The molecule has 0 saturated carbocycles. The second-order valence-corrected chi connectivity index (χ2v) is 5.76. The van der Waals surface area contributed by atoms with Crippen molar-refractivity contribution in [1.29, 1.82) is 0 Å². The third kappa shape index (κ3) is 3.37. The van der Waals surface area contributed by atoms with Gasteiger partial charge < -0.3 is 5.32 Å². The topological polar surface area (TPSA) is 46.4 Å². The quantitative estimate of drug-likeness (QED) is 0.746. The molecule has 3 aromatic rings. The van der Waals surface area contributed by atoms with Crippen LogP contribution < -0.4 is 5.32 Å². The van der Waals surface area contributed by atoms with Crippen molar-refractivity contribution in [1.82, 2.24) is 9.38 Å². The zero-order valence-corrected chi connectivity index (χ0v) is 12.6. The van der Waals surface area contributed by atoms with Crippen molar-refractivity contribution in [3.63, 3.8) is 0 Å². The lowest BCUT2D eigenvalue weighted by Crippen LogP contribution is -2.14. The summed E-state index contributed by atoms with van der Waals surface area (Å²) in [7, 11) is 0. The number of thioether (sulfide) groups is 1. The maximum atomic E-state index is 11.9. The van der Waals surface area contributed by atoms with E-state index in [1.807, 2.05) is 28.8 Å². The third-order valence-electron chi connectivity index (χ3n) is 2.85. The molecular formula is C15H12ClN3OS. The first-order valence-corrected chi connectivity index (χ1v) is 7.69. The van der Waals surface area contributed by atoms with Gasteiger partial charge in [0.05, 0.1) is 17.5 Å². The molecule has 0 aliphatic heterocycles. The molecule has 0 aliphatic rings. The summed E-state index contributed by atoms with van der Waals surface area (Å²) >= 11 is 7.28. The number of carbonyl (C=O) groups excluding carboxylic acids is 1. The number of amides is 1. The molecule has 6 heteroatoms. The largest absolute Gasteiger partial charge is 0.325 e. The lowest BCUT2D eigenvalue weighted by atomic mass is 10.3. The van der Waals surface area contributed by atoms with Crippen LogP contribution in [0.3, 0.4) is 0 Å². The van der Waals surface area contributed by atoms with Gasteiger partial charge in [0.1, 0.15) is 0 Å². The monoisotopic (exact) mass is 317 g/mol. The molecule has 0 saturated heterocycles. The van der Waals surface area contributed by atoms with E-state index in [2.05, 4.69) is 10.3 Å². The van der Waals surface area contributed by atoms with Crippen LogP contribution in [0.25, 0.3) is 5.52 Å². The number of nitrogens with one attached hydrogen (secondary N) is 1. The Hall–Kier alpha value is -1.98. The van der Waals surface area contributed by atoms with Crippen LogP contribution in [-0.2, 0) is 4.79 Å². The molecule has 0 fully saturated rings. The number of aromatic nitrogens is 2. The molecule has 4 nitrogen and oxygen atoms in total. The number of hydrogen-bond donors (Lipinski definition) is 1. The highest BCUT2D eigenvalue weighted by molar-refractivity contribution is 7.99. The van der Waals surface area contributed by atoms with Crippen LogP contribution in [0.15, 0.2) is 60.0 Å². The van der Waals surface area contributed by atoms with Crippen LogP contribution in [0.4, 0.5) is 5.69 Å². The SMILES string of the molecule is O=C(CSc1ncc2ccccn12)Nc1cccc(Cl)c1. The molecule has 0 radical (unpaired) electrons. The van der Waals surface area contributed by atoms with Gasteiger partial charge in [0.25, 0.3) is 0 Å². The van der Waals surface area contributed by atoms with E-state index in [9.17, 15) is 4.79 Å². The Morgan fingerprint density at radius 2 is 2.19 bits per heavy atom. The summed E-state index contributed by atoms with van der Waals surface area (Å²) in [5.41, 5.74) is 1.70. The molecular weight excluding hydrogens is 306 g/mol. The smallest absolute Gasteiger partial charge is 0.234 e. The summed E-state index contributed by atoms with van der Waals surface area (Å²) in [5, 5.41) is 4.21. The van der Waals surface area contributed by atoms with Crippen LogP contribution in [0.2, 0.25) is 5.02 Å². The highest BCUT2D eigenvalue weighted by Crippen LogP contribution is 2.19. The van der Waals surface area contributed by atoms with Crippen LogP contribution in [0, 0.1) is 0 Å². The molecule has 2 heterocycles. The number of fused-ring (bicyclic) bond motifs is 1. The van der Waals surface area contributed by atoms with E-state index in [-0.39, 0.29) is 5.91 Å². The fraction of sp³-hybridized carbons (Fsp3) is 0.0667. The Labute approximate surface area is 131 Å². The Bertz CT molecular complexity index is 787. The minimum absolute atomic E-state index is 0.0880. The number of anilines is 1. The molecule has 1 amide bonds. The summed E-state index contributed by atoms with van der Waals surface area (Å²) < 4.78 is 1.96. The Balaban J connectivity index is 1.63. The third-order valence-corrected chi connectivity index (χ3v) is 4.05. The second kappa shape index (κ2) is 6.20.